The maximum Gasteiger partial charge on any atom is 0.254 e. The van der Waals surface area contributed by atoms with Crippen LogP contribution in [0.3, 0.4) is 0 Å². The highest BCUT2D eigenvalue weighted by molar-refractivity contribution is 7.13. The van der Waals surface area contributed by atoms with Crippen molar-refractivity contribution in [2.24, 2.45) is 0 Å². The van der Waals surface area contributed by atoms with E-state index >= 15 is 0 Å². The van der Waals surface area contributed by atoms with Gasteiger partial charge < -0.3 is 19.7 Å². The van der Waals surface area contributed by atoms with Gasteiger partial charge in [-0.15, -0.1) is 11.3 Å². The summed E-state index contributed by atoms with van der Waals surface area (Å²) in [6.07, 6.45) is 5.69. The number of amides is 2. The normalized spacial score (nSPS) is 10.4. The van der Waals surface area contributed by atoms with E-state index in [0.717, 1.165) is 25.7 Å². The van der Waals surface area contributed by atoms with E-state index in [1.807, 2.05) is 0 Å². The molecular weight excluding hydrogens is 378 g/mol. The molecule has 0 spiro atoms. The number of thiazole rings is 1. The van der Waals surface area contributed by atoms with Crippen LogP contribution in [0.5, 0.6) is 11.5 Å². The lowest BCUT2D eigenvalue weighted by molar-refractivity contribution is -0.116. The molecule has 0 aliphatic heterocycles. The van der Waals surface area contributed by atoms with Gasteiger partial charge in [0.2, 0.25) is 5.91 Å². The van der Waals surface area contributed by atoms with E-state index in [2.05, 4.69) is 17.2 Å². The molecule has 0 radical (unpaired) electrons. The number of carbonyl (C=O) groups is 2. The zero-order valence-corrected chi connectivity index (χ0v) is 17.4. The fourth-order valence-corrected chi connectivity index (χ4v) is 3.30. The van der Waals surface area contributed by atoms with Crippen LogP contribution in [0.1, 0.15) is 43.0 Å². The van der Waals surface area contributed by atoms with E-state index in [1.165, 1.54) is 18.4 Å². The standard InChI is InChI=1S/C20H27N3O4S/c1-4-5-6-7-11-23(14-18(24)22-20-21-10-12-28-20)19(25)15-8-9-16(26-2)17(13-15)27-3/h8-10,12-13H,4-7,11,14H2,1-3H3,(H,21,22,24). The number of unbranched alkanes of at least 4 members (excludes halogenated alkanes) is 3. The molecule has 2 aromatic rings. The summed E-state index contributed by atoms with van der Waals surface area (Å²) < 4.78 is 10.5. The summed E-state index contributed by atoms with van der Waals surface area (Å²) >= 11 is 1.34. The van der Waals surface area contributed by atoms with Gasteiger partial charge in [0.1, 0.15) is 6.54 Å². The summed E-state index contributed by atoms with van der Waals surface area (Å²) in [5.41, 5.74) is 0.454. The Balaban J connectivity index is 2.12. The van der Waals surface area contributed by atoms with Gasteiger partial charge in [0.15, 0.2) is 16.6 Å². The molecule has 1 aromatic heterocycles. The molecule has 1 aromatic carbocycles. The Morgan fingerprint density at radius 2 is 1.93 bits per heavy atom. The Hall–Kier alpha value is -2.61. The van der Waals surface area contributed by atoms with Crippen molar-refractivity contribution in [1.82, 2.24) is 9.88 Å². The van der Waals surface area contributed by atoms with Gasteiger partial charge in [0, 0.05) is 23.7 Å². The number of benzene rings is 1. The van der Waals surface area contributed by atoms with Crippen molar-refractivity contribution < 1.29 is 19.1 Å². The number of ether oxygens (including phenoxy) is 2. The summed E-state index contributed by atoms with van der Waals surface area (Å²) in [6.45, 7) is 2.62. The third-order valence-corrected chi connectivity index (χ3v) is 4.90. The summed E-state index contributed by atoms with van der Waals surface area (Å²) in [7, 11) is 3.07. The number of methoxy groups -OCH3 is 2. The molecule has 28 heavy (non-hydrogen) atoms. The molecule has 0 fully saturated rings. The predicted molar refractivity (Wildman–Crippen MR) is 110 cm³/mol. The van der Waals surface area contributed by atoms with Crippen LogP contribution < -0.4 is 14.8 Å². The second kappa shape index (κ2) is 11.3. The smallest absolute Gasteiger partial charge is 0.254 e. The average Bonchev–Trinajstić information content (AvgIpc) is 3.22. The van der Waals surface area contributed by atoms with E-state index in [4.69, 9.17) is 9.47 Å². The van der Waals surface area contributed by atoms with Crippen molar-refractivity contribution in [1.29, 1.82) is 0 Å². The van der Waals surface area contributed by atoms with Crippen LogP contribution in [0.15, 0.2) is 29.8 Å². The lowest BCUT2D eigenvalue weighted by atomic mass is 10.1. The summed E-state index contributed by atoms with van der Waals surface area (Å²) in [5.74, 6) is 0.549. The monoisotopic (exact) mass is 405 g/mol. The quantitative estimate of drug-likeness (QED) is 0.575. The molecule has 2 amide bonds. The van der Waals surface area contributed by atoms with Crippen LogP contribution in [0, 0.1) is 0 Å². The van der Waals surface area contributed by atoms with Crippen LogP contribution in [0.4, 0.5) is 5.13 Å². The van der Waals surface area contributed by atoms with Gasteiger partial charge in [-0.05, 0) is 24.6 Å². The third-order valence-electron chi connectivity index (χ3n) is 4.21. The van der Waals surface area contributed by atoms with Gasteiger partial charge in [-0.25, -0.2) is 4.98 Å². The number of carbonyl (C=O) groups excluding carboxylic acids is 2. The molecule has 0 saturated carbocycles. The zero-order chi connectivity index (χ0) is 20.4. The minimum Gasteiger partial charge on any atom is -0.493 e. The van der Waals surface area contributed by atoms with Gasteiger partial charge in [0.25, 0.3) is 5.91 Å². The SMILES string of the molecule is CCCCCCN(CC(=O)Nc1nccs1)C(=O)c1ccc(OC)c(OC)c1. The van der Waals surface area contributed by atoms with E-state index in [9.17, 15) is 9.59 Å². The van der Waals surface area contributed by atoms with E-state index < -0.39 is 0 Å². The number of anilines is 1. The van der Waals surface area contributed by atoms with Gasteiger partial charge in [-0.2, -0.15) is 0 Å². The molecule has 0 atom stereocenters. The van der Waals surface area contributed by atoms with Crippen LogP contribution in [-0.4, -0.2) is 49.0 Å². The van der Waals surface area contributed by atoms with E-state index in [0.29, 0.717) is 28.7 Å². The molecular formula is C20H27N3O4S. The molecule has 0 unspecified atom stereocenters. The maximum atomic E-state index is 13.1. The number of aromatic nitrogens is 1. The Labute approximate surface area is 169 Å². The maximum absolute atomic E-state index is 13.1. The van der Waals surface area contributed by atoms with Crippen molar-refractivity contribution >= 4 is 28.3 Å². The second-order valence-corrected chi connectivity index (χ2v) is 7.14. The van der Waals surface area contributed by atoms with Crippen LogP contribution in [-0.2, 0) is 4.79 Å². The minimum absolute atomic E-state index is 0.0289. The first kappa shape index (κ1) is 21.7. The lowest BCUT2D eigenvalue weighted by Crippen LogP contribution is -2.38. The topological polar surface area (TPSA) is 80.8 Å². The summed E-state index contributed by atoms with van der Waals surface area (Å²) in [5, 5.41) is 5.04. The number of rotatable bonds is 11. The molecule has 0 aliphatic rings. The third kappa shape index (κ3) is 6.23. The Morgan fingerprint density at radius 1 is 1.14 bits per heavy atom. The fraction of sp³-hybridized carbons (Fsp3) is 0.450. The largest absolute Gasteiger partial charge is 0.493 e. The van der Waals surface area contributed by atoms with Crippen molar-refractivity contribution in [2.45, 2.75) is 32.6 Å². The summed E-state index contributed by atoms with van der Waals surface area (Å²) in [6, 6.07) is 5.01. The average molecular weight is 406 g/mol. The molecule has 8 heteroatoms. The molecule has 0 bridgehead atoms. The Kier molecular flexibility index (Phi) is 8.74. The molecule has 2 rings (SSSR count). The minimum atomic E-state index is -0.265. The van der Waals surface area contributed by atoms with Gasteiger partial charge >= 0.3 is 0 Å². The van der Waals surface area contributed by atoms with Gasteiger partial charge in [-0.1, -0.05) is 26.2 Å². The number of nitrogens with zero attached hydrogens (tertiary/aromatic N) is 2. The number of hydrogen-bond donors (Lipinski definition) is 1. The van der Waals surface area contributed by atoms with Gasteiger partial charge in [-0.3, -0.25) is 9.59 Å². The van der Waals surface area contributed by atoms with Crippen molar-refractivity contribution in [2.75, 3.05) is 32.6 Å². The Bertz CT molecular complexity index is 765. The number of nitrogens with one attached hydrogen (secondary N) is 1. The highest BCUT2D eigenvalue weighted by atomic mass is 32.1. The molecule has 152 valence electrons. The van der Waals surface area contributed by atoms with Crippen LogP contribution in [0.25, 0.3) is 0 Å². The highest BCUT2D eigenvalue weighted by Crippen LogP contribution is 2.28. The lowest BCUT2D eigenvalue weighted by Gasteiger charge is -2.22. The van der Waals surface area contributed by atoms with E-state index in [-0.39, 0.29) is 18.4 Å². The molecule has 1 heterocycles. The second-order valence-electron chi connectivity index (χ2n) is 6.24. The van der Waals surface area contributed by atoms with Crippen molar-refractivity contribution in [3.63, 3.8) is 0 Å². The summed E-state index contributed by atoms with van der Waals surface area (Å²) in [4.78, 5) is 31.1. The highest BCUT2D eigenvalue weighted by Gasteiger charge is 2.20. The molecule has 0 saturated heterocycles. The molecule has 1 N–H and O–H groups in total. The number of hydrogen-bond acceptors (Lipinski definition) is 6. The zero-order valence-electron chi connectivity index (χ0n) is 16.6. The van der Waals surface area contributed by atoms with Crippen molar-refractivity contribution in [3.05, 3.63) is 35.3 Å². The molecule has 7 nitrogen and oxygen atoms in total. The first-order valence-electron chi connectivity index (χ1n) is 9.29. The van der Waals surface area contributed by atoms with Gasteiger partial charge in [0.05, 0.1) is 14.2 Å². The molecule has 0 aliphatic carbocycles. The van der Waals surface area contributed by atoms with Crippen molar-refractivity contribution in [3.8, 4) is 11.5 Å². The first-order chi connectivity index (χ1) is 13.6. The first-order valence-corrected chi connectivity index (χ1v) is 10.2. The van der Waals surface area contributed by atoms with E-state index in [1.54, 1.807) is 41.8 Å². The van der Waals surface area contributed by atoms with Crippen LogP contribution >= 0.6 is 11.3 Å². The predicted octanol–water partition coefficient (Wildman–Crippen LogP) is 3.82. The van der Waals surface area contributed by atoms with Crippen LogP contribution in [0.2, 0.25) is 0 Å². The Morgan fingerprint density at radius 3 is 2.57 bits per heavy atom. The fourth-order valence-electron chi connectivity index (χ4n) is 2.75.